The van der Waals surface area contributed by atoms with Gasteiger partial charge in [-0.05, 0) is 19.8 Å². The fraction of sp³-hybridized carbons (Fsp3) is 0.800. The summed E-state index contributed by atoms with van der Waals surface area (Å²) >= 11 is 0. The summed E-state index contributed by atoms with van der Waals surface area (Å²) < 4.78 is 23.7. The molecule has 0 saturated carbocycles. The first-order valence-corrected chi connectivity index (χ1v) is 9.46. The van der Waals surface area contributed by atoms with Gasteiger partial charge in [-0.3, -0.25) is 4.79 Å². The van der Waals surface area contributed by atoms with Crippen molar-refractivity contribution < 1.29 is 28.5 Å². The van der Waals surface area contributed by atoms with E-state index in [0.29, 0.717) is 18.4 Å². The summed E-state index contributed by atoms with van der Waals surface area (Å²) in [5.74, 6) is -1.95. The first-order chi connectivity index (χ1) is 12.1. The molecule has 3 saturated heterocycles. The van der Waals surface area contributed by atoms with Crippen LogP contribution < -0.4 is 0 Å². The van der Waals surface area contributed by atoms with Crippen molar-refractivity contribution in [3.8, 4) is 0 Å². The normalized spacial score (nSPS) is 42.7. The topological polar surface area (TPSA) is 71.1 Å². The minimum Gasteiger partial charge on any atom is -0.461 e. The van der Waals surface area contributed by atoms with E-state index in [2.05, 4.69) is 13.5 Å². The maximum absolute atomic E-state index is 12.3. The fourth-order valence-corrected chi connectivity index (χ4v) is 4.58. The van der Waals surface area contributed by atoms with Crippen LogP contribution in [0.3, 0.4) is 0 Å². The lowest BCUT2D eigenvalue weighted by Crippen LogP contribution is -2.42. The highest BCUT2D eigenvalue weighted by molar-refractivity contribution is 5.91. The molecule has 0 amide bonds. The molecule has 6 nitrogen and oxygen atoms in total. The van der Waals surface area contributed by atoms with Gasteiger partial charge in [0.2, 0.25) is 0 Å². The number of rotatable bonds is 3. The van der Waals surface area contributed by atoms with E-state index >= 15 is 0 Å². The number of carbonyl (C=O) groups is 2. The second kappa shape index (κ2) is 6.64. The highest BCUT2D eigenvalue weighted by Gasteiger charge is 2.57. The Morgan fingerprint density at radius 2 is 2.04 bits per heavy atom. The summed E-state index contributed by atoms with van der Waals surface area (Å²) in [4.78, 5) is 24.5. The van der Waals surface area contributed by atoms with E-state index in [1.54, 1.807) is 21.0 Å². The van der Waals surface area contributed by atoms with E-state index in [1.165, 1.54) is 0 Å². The molecule has 6 atom stereocenters. The van der Waals surface area contributed by atoms with Crippen LogP contribution in [0.4, 0.5) is 0 Å². The Bertz CT molecular complexity index is 613. The summed E-state index contributed by atoms with van der Waals surface area (Å²) in [6.45, 7) is 11.6. The Kier molecular flexibility index (Phi) is 4.95. The van der Waals surface area contributed by atoms with Crippen molar-refractivity contribution in [1.82, 2.24) is 0 Å². The molecule has 0 aromatic carbocycles. The molecule has 6 heteroatoms. The molecular weight excluding hydrogens is 336 g/mol. The van der Waals surface area contributed by atoms with Gasteiger partial charge in [0.15, 0.2) is 5.79 Å². The maximum Gasteiger partial charge on any atom is 0.334 e. The number of fused-ring (bicyclic) bond motifs is 3. The van der Waals surface area contributed by atoms with Gasteiger partial charge < -0.3 is 18.9 Å². The van der Waals surface area contributed by atoms with E-state index in [9.17, 15) is 9.59 Å². The smallest absolute Gasteiger partial charge is 0.334 e. The van der Waals surface area contributed by atoms with Crippen LogP contribution in [0.2, 0.25) is 0 Å². The van der Waals surface area contributed by atoms with Crippen LogP contribution in [0.1, 0.15) is 53.4 Å². The zero-order valence-electron chi connectivity index (χ0n) is 16.4. The van der Waals surface area contributed by atoms with Crippen LogP contribution in [0.15, 0.2) is 12.2 Å². The monoisotopic (exact) mass is 366 g/mol. The summed E-state index contributed by atoms with van der Waals surface area (Å²) in [5.41, 5.74) is -0.107. The van der Waals surface area contributed by atoms with E-state index in [1.807, 2.05) is 6.92 Å². The lowest BCUT2D eigenvalue weighted by molar-refractivity contribution is -0.265. The molecule has 0 aliphatic carbocycles. The minimum absolute atomic E-state index is 0.0278. The average molecular weight is 366 g/mol. The van der Waals surface area contributed by atoms with Crippen LogP contribution in [-0.2, 0) is 28.5 Å². The van der Waals surface area contributed by atoms with Crippen LogP contribution in [0.5, 0.6) is 0 Å². The summed E-state index contributed by atoms with van der Waals surface area (Å²) in [7, 11) is 1.66. The van der Waals surface area contributed by atoms with E-state index in [-0.39, 0.29) is 29.8 Å². The molecule has 0 spiro atoms. The van der Waals surface area contributed by atoms with Crippen LogP contribution in [0, 0.1) is 17.8 Å². The van der Waals surface area contributed by atoms with Gasteiger partial charge in [-0.25, -0.2) is 4.79 Å². The summed E-state index contributed by atoms with van der Waals surface area (Å²) in [6.07, 6.45) is 1.75. The molecule has 0 unspecified atom stereocenters. The molecule has 3 fully saturated rings. The van der Waals surface area contributed by atoms with Crippen molar-refractivity contribution in [3.05, 3.63) is 12.2 Å². The summed E-state index contributed by atoms with van der Waals surface area (Å²) in [5, 5.41) is 0. The molecule has 26 heavy (non-hydrogen) atoms. The predicted molar refractivity (Wildman–Crippen MR) is 94.1 cm³/mol. The van der Waals surface area contributed by atoms with Gasteiger partial charge in [-0.15, -0.1) is 0 Å². The highest BCUT2D eigenvalue weighted by Crippen LogP contribution is 2.51. The largest absolute Gasteiger partial charge is 0.461 e. The van der Waals surface area contributed by atoms with Gasteiger partial charge in [0.1, 0.15) is 12.2 Å². The van der Waals surface area contributed by atoms with Crippen molar-refractivity contribution in [2.75, 3.05) is 7.11 Å². The Hall–Kier alpha value is -1.40. The second-order valence-electron chi connectivity index (χ2n) is 8.53. The molecular formula is C20H30O6. The molecule has 0 aromatic rings. The predicted octanol–water partition coefficient (Wildman–Crippen LogP) is 2.99. The van der Waals surface area contributed by atoms with Crippen LogP contribution >= 0.6 is 0 Å². The van der Waals surface area contributed by atoms with Gasteiger partial charge in [0.25, 0.3) is 0 Å². The zero-order valence-corrected chi connectivity index (χ0v) is 16.4. The minimum atomic E-state index is -0.702. The molecule has 3 aliphatic heterocycles. The highest BCUT2D eigenvalue weighted by atomic mass is 16.7. The van der Waals surface area contributed by atoms with Gasteiger partial charge in [-0.2, -0.15) is 0 Å². The molecule has 2 bridgehead atoms. The average Bonchev–Trinajstić information content (AvgIpc) is 3.05. The van der Waals surface area contributed by atoms with Gasteiger partial charge in [0.05, 0.1) is 17.4 Å². The molecule has 0 radical (unpaired) electrons. The Morgan fingerprint density at radius 1 is 1.35 bits per heavy atom. The van der Waals surface area contributed by atoms with Crippen molar-refractivity contribution in [1.29, 1.82) is 0 Å². The number of hydrogen-bond donors (Lipinski definition) is 0. The lowest BCUT2D eigenvalue weighted by atomic mass is 9.78. The Morgan fingerprint density at radius 3 is 2.65 bits per heavy atom. The maximum atomic E-state index is 12.3. The van der Waals surface area contributed by atoms with Crippen molar-refractivity contribution in [2.24, 2.45) is 17.8 Å². The van der Waals surface area contributed by atoms with Crippen molar-refractivity contribution >= 4 is 11.9 Å². The van der Waals surface area contributed by atoms with Crippen LogP contribution in [0.25, 0.3) is 0 Å². The molecule has 3 rings (SSSR count). The number of esters is 2. The first-order valence-electron chi connectivity index (χ1n) is 9.46. The molecule has 3 aliphatic rings. The third kappa shape index (κ3) is 3.18. The first kappa shape index (κ1) is 19.4. The van der Waals surface area contributed by atoms with Crippen LogP contribution in [-0.4, -0.2) is 42.6 Å². The zero-order chi connectivity index (χ0) is 19.3. The summed E-state index contributed by atoms with van der Waals surface area (Å²) in [6, 6.07) is 0. The number of ether oxygens (including phenoxy) is 4. The third-order valence-corrected chi connectivity index (χ3v) is 6.20. The molecule has 146 valence electrons. The van der Waals surface area contributed by atoms with Gasteiger partial charge in [0, 0.05) is 31.4 Å². The van der Waals surface area contributed by atoms with E-state index in [0.717, 1.165) is 12.8 Å². The van der Waals surface area contributed by atoms with E-state index < -0.39 is 23.5 Å². The number of methoxy groups -OCH3 is 1. The number of hydrogen-bond acceptors (Lipinski definition) is 6. The quantitative estimate of drug-likeness (QED) is 0.565. The van der Waals surface area contributed by atoms with Gasteiger partial charge >= 0.3 is 11.9 Å². The number of carbonyl (C=O) groups excluding carboxylic acids is 2. The SMILES string of the molecule is C=C1C(=O)O[C@@H]2C[C@H](C)[C@]3(OC)CC[C@](C)(C[C@@H](OC(=O)C(C)C)[C@@H]12)O3. The third-order valence-electron chi connectivity index (χ3n) is 6.20. The molecule has 0 N–H and O–H groups in total. The van der Waals surface area contributed by atoms with E-state index in [4.69, 9.17) is 18.9 Å². The standard InChI is InChI=1S/C20H30O6/c1-11(2)17(21)25-15-10-19(5)7-8-20(23-6,26-19)12(3)9-14-16(15)13(4)18(22)24-14/h11-12,14-16H,4,7-10H2,1-3,5-6H3/t12-,14+,15+,16-,19+,20-/m0/s1. The molecule has 0 aromatic heterocycles. The van der Waals surface area contributed by atoms with Crippen molar-refractivity contribution in [2.45, 2.75) is 77.0 Å². The van der Waals surface area contributed by atoms with Gasteiger partial charge in [-0.1, -0.05) is 27.4 Å². The van der Waals surface area contributed by atoms with Crippen molar-refractivity contribution in [3.63, 3.8) is 0 Å². The lowest BCUT2D eigenvalue weighted by Gasteiger charge is -2.36. The molecule has 3 heterocycles. The Labute approximate surface area is 155 Å². The Balaban J connectivity index is 1.99. The fourth-order valence-electron chi connectivity index (χ4n) is 4.58. The second-order valence-corrected chi connectivity index (χ2v) is 8.53.